The lowest BCUT2D eigenvalue weighted by atomic mass is 9.93. The Morgan fingerprint density at radius 2 is 1.91 bits per heavy atom. The minimum absolute atomic E-state index is 0.163. The Bertz CT molecular complexity index is 2000. The molecule has 4 aromatic rings. The summed E-state index contributed by atoms with van der Waals surface area (Å²) in [4.78, 5) is 44.6. The zero-order valence-electron chi connectivity index (χ0n) is 25.0. The number of ether oxygens (including phenoxy) is 2. The quantitative estimate of drug-likeness (QED) is 0.249. The van der Waals surface area contributed by atoms with Crippen LogP contribution in [0.1, 0.15) is 65.6 Å². The van der Waals surface area contributed by atoms with Gasteiger partial charge in [-0.05, 0) is 81.3 Å². The molecule has 44 heavy (non-hydrogen) atoms. The molecule has 1 atom stereocenters. The van der Waals surface area contributed by atoms with Crippen molar-refractivity contribution in [2.24, 2.45) is 4.99 Å². The van der Waals surface area contributed by atoms with Crippen molar-refractivity contribution in [2.45, 2.75) is 46.6 Å². The molecule has 0 unspecified atom stereocenters. The van der Waals surface area contributed by atoms with Gasteiger partial charge in [-0.1, -0.05) is 42.3 Å². The number of rotatable bonds is 9. The SMILES string of the molecule is CCCC1=C(C(=O)OCC)[C@H](c2cc(Cl)ccc2OC)n2c(s/c(=C/c3cc(C)n(-c4cccc(C(=O)O)c4)c3C)c2=O)=N1. The fourth-order valence-corrected chi connectivity index (χ4v) is 6.78. The van der Waals surface area contributed by atoms with Crippen LogP contribution >= 0.6 is 22.9 Å². The Hall–Kier alpha value is -4.41. The summed E-state index contributed by atoms with van der Waals surface area (Å²) in [6, 6.07) is 12.9. The smallest absolute Gasteiger partial charge is 0.338 e. The molecule has 11 heteroatoms. The summed E-state index contributed by atoms with van der Waals surface area (Å²) in [5, 5.41) is 9.92. The van der Waals surface area contributed by atoms with Crippen molar-refractivity contribution in [1.29, 1.82) is 0 Å². The number of hydrogen-bond acceptors (Lipinski definition) is 7. The van der Waals surface area contributed by atoms with Crippen molar-refractivity contribution in [3.05, 3.63) is 113 Å². The van der Waals surface area contributed by atoms with Crippen molar-refractivity contribution < 1.29 is 24.2 Å². The number of benzene rings is 2. The van der Waals surface area contributed by atoms with E-state index in [1.807, 2.05) is 43.5 Å². The number of aryl methyl sites for hydroxylation is 1. The van der Waals surface area contributed by atoms with Gasteiger partial charge in [0.2, 0.25) is 0 Å². The normalized spacial score (nSPS) is 14.8. The Morgan fingerprint density at radius 1 is 1.14 bits per heavy atom. The van der Waals surface area contributed by atoms with E-state index in [0.717, 1.165) is 23.4 Å². The number of fused-ring (bicyclic) bond motifs is 1. The lowest BCUT2D eigenvalue weighted by Gasteiger charge is -2.27. The number of aromatic nitrogens is 2. The van der Waals surface area contributed by atoms with Gasteiger partial charge in [-0.25, -0.2) is 14.6 Å². The van der Waals surface area contributed by atoms with Gasteiger partial charge in [0, 0.05) is 27.7 Å². The molecule has 0 amide bonds. The molecule has 3 heterocycles. The number of nitrogens with zero attached hydrogens (tertiary/aromatic N) is 3. The first-order chi connectivity index (χ1) is 21.1. The maximum atomic E-state index is 14.2. The van der Waals surface area contributed by atoms with Gasteiger partial charge in [-0.3, -0.25) is 9.36 Å². The van der Waals surface area contributed by atoms with Crippen LogP contribution < -0.4 is 19.6 Å². The van der Waals surface area contributed by atoms with Crippen molar-refractivity contribution in [1.82, 2.24) is 9.13 Å². The van der Waals surface area contributed by atoms with E-state index in [-0.39, 0.29) is 23.3 Å². The average Bonchev–Trinajstić information content (AvgIpc) is 3.45. The van der Waals surface area contributed by atoms with Crippen LogP contribution in [0.25, 0.3) is 11.8 Å². The summed E-state index contributed by atoms with van der Waals surface area (Å²) in [5.74, 6) is -1.08. The number of thiazole rings is 1. The van der Waals surface area contributed by atoms with Gasteiger partial charge in [-0.2, -0.15) is 0 Å². The molecule has 2 aromatic carbocycles. The summed E-state index contributed by atoms with van der Waals surface area (Å²) in [6.45, 7) is 7.74. The van der Waals surface area contributed by atoms with E-state index >= 15 is 0 Å². The molecule has 0 fully saturated rings. The van der Waals surface area contributed by atoms with Gasteiger partial charge in [0.25, 0.3) is 5.56 Å². The molecule has 1 aliphatic rings. The molecular weight excluding hydrogens is 602 g/mol. The van der Waals surface area contributed by atoms with Crippen molar-refractivity contribution >= 4 is 41.0 Å². The Balaban J connectivity index is 1.75. The summed E-state index contributed by atoms with van der Waals surface area (Å²) in [7, 11) is 1.53. The van der Waals surface area contributed by atoms with E-state index in [1.165, 1.54) is 23.0 Å². The predicted molar refractivity (Wildman–Crippen MR) is 170 cm³/mol. The summed E-state index contributed by atoms with van der Waals surface area (Å²) >= 11 is 7.67. The van der Waals surface area contributed by atoms with Gasteiger partial charge in [0.1, 0.15) is 11.8 Å². The summed E-state index contributed by atoms with van der Waals surface area (Å²) < 4.78 is 15.0. The standard InChI is InChI=1S/C33H32ClN3O6S/c1-6-9-25-28(32(41)43-7-2)29(24-17-22(34)12-13-26(24)42-5)37-30(38)27(44-33(37)35-25)16-21-14-18(3)36(19(21)4)23-11-8-10-20(15-23)31(39)40/h8,10-17,29H,6-7,9H2,1-5H3,(H,39,40)/b27-16+/t29-/m0/s1. The molecule has 2 aromatic heterocycles. The first-order valence-electron chi connectivity index (χ1n) is 14.2. The second-order valence-corrected chi connectivity index (χ2v) is 11.8. The first-order valence-corrected chi connectivity index (χ1v) is 15.4. The number of carboxylic acid groups (broad SMARTS) is 1. The number of methoxy groups -OCH3 is 1. The van der Waals surface area contributed by atoms with Crippen LogP contribution in [0.15, 0.2) is 69.6 Å². The van der Waals surface area contributed by atoms with Gasteiger partial charge < -0.3 is 19.1 Å². The van der Waals surface area contributed by atoms with E-state index < -0.39 is 18.0 Å². The Labute approximate surface area is 263 Å². The van der Waals surface area contributed by atoms with Crippen molar-refractivity contribution in [2.75, 3.05) is 13.7 Å². The fourth-order valence-electron chi connectivity index (χ4n) is 5.58. The van der Waals surface area contributed by atoms with E-state index in [9.17, 15) is 19.5 Å². The molecule has 5 rings (SSSR count). The lowest BCUT2D eigenvalue weighted by Crippen LogP contribution is -2.40. The van der Waals surface area contributed by atoms with Crippen LogP contribution in [0, 0.1) is 13.8 Å². The molecule has 1 N–H and O–H groups in total. The molecule has 1 aliphatic heterocycles. The van der Waals surface area contributed by atoms with Crippen molar-refractivity contribution in [3.63, 3.8) is 0 Å². The molecule has 0 saturated carbocycles. The second kappa shape index (κ2) is 12.7. The Morgan fingerprint density at radius 3 is 2.59 bits per heavy atom. The highest BCUT2D eigenvalue weighted by Crippen LogP contribution is 2.38. The maximum Gasteiger partial charge on any atom is 0.338 e. The summed E-state index contributed by atoms with van der Waals surface area (Å²) in [6.07, 6.45) is 3.05. The van der Waals surface area contributed by atoms with Crippen LogP contribution in [0.2, 0.25) is 5.02 Å². The minimum Gasteiger partial charge on any atom is -0.496 e. The van der Waals surface area contributed by atoms with E-state index in [2.05, 4.69) is 0 Å². The average molecular weight is 634 g/mol. The largest absolute Gasteiger partial charge is 0.496 e. The highest BCUT2D eigenvalue weighted by atomic mass is 35.5. The van der Waals surface area contributed by atoms with E-state index in [0.29, 0.717) is 43.5 Å². The van der Waals surface area contributed by atoms with Gasteiger partial charge in [-0.15, -0.1) is 0 Å². The number of allylic oxidation sites excluding steroid dienone is 1. The highest BCUT2D eigenvalue weighted by molar-refractivity contribution is 7.07. The van der Waals surface area contributed by atoms with Crippen molar-refractivity contribution in [3.8, 4) is 11.4 Å². The van der Waals surface area contributed by atoms with E-state index in [4.69, 9.17) is 26.1 Å². The topological polar surface area (TPSA) is 112 Å². The third-order valence-corrected chi connectivity index (χ3v) is 8.70. The van der Waals surface area contributed by atoms with Crippen LogP contribution in [-0.4, -0.2) is 39.9 Å². The molecule has 0 bridgehead atoms. The predicted octanol–water partition coefficient (Wildman–Crippen LogP) is 5.35. The number of carbonyl (C=O) groups excluding carboxylic acids is 1. The molecule has 0 aliphatic carbocycles. The molecule has 228 valence electrons. The van der Waals surface area contributed by atoms with Gasteiger partial charge in [0.15, 0.2) is 4.80 Å². The molecule has 0 radical (unpaired) electrons. The first kappa shape index (κ1) is 31.0. The highest BCUT2D eigenvalue weighted by Gasteiger charge is 2.36. The maximum absolute atomic E-state index is 14.2. The molecule has 9 nitrogen and oxygen atoms in total. The number of carboxylic acids is 1. The number of carbonyl (C=O) groups is 2. The number of hydrogen-bond donors (Lipinski definition) is 1. The molecule has 0 spiro atoms. The third-order valence-electron chi connectivity index (χ3n) is 7.49. The zero-order chi connectivity index (χ0) is 31.7. The molecular formula is C33H32ClN3O6S. The Kier molecular flexibility index (Phi) is 8.94. The zero-order valence-corrected chi connectivity index (χ0v) is 26.6. The van der Waals surface area contributed by atoms with Gasteiger partial charge >= 0.3 is 11.9 Å². The van der Waals surface area contributed by atoms with Crippen LogP contribution in [0.3, 0.4) is 0 Å². The fraction of sp³-hybridized carbons (Fsp3) is 0.273. The van der Waals surface area contributed by atoms with Crippen LogP contribution in [-0.2, 0) is 9.53 Å². The third kappa shape index (κ3) is 5.62. The number of halogens is 1. The second-order valence-electron chi connectivity index (χ2n) is 10.3. The van der Waals surface area contributed by atoms with Crippen LogP contribution in [0.4, 0.5) is 0 Å². The summed E-state index contributed by atoms with van der Waals surface area (Å²) in [5.41, 5.74) is 4.46. The number of esters is 1. The van der Waals surface area contributed by atoms with Gasteiger partial charge in [0.05, 0.1) is 35.1 Å². The lowest BCUT2D eigenvalue weighted by molar-refractivity contribution is -0.139. The molecule has 0 saturated heterocycles. The monoisotopic (exact) mass is 633 g/mol. The van der Waals surface area contributed by atoms with E-state index in [1.54, 1.807) is 43.3 Å². The minimum atomic E-state index is -1.01. The number of aromatic carboxylic acids is 1. The van der Waals surface area contributed by atoms with Crippen LogP contribution in [0.5, 0.6) is 5.75 Å².